The Morgan fingerprint density at radius 2 is 2.10 bits per heavy atom. The molecule has 1 amide bonds. The molecule has 1 aromatic carbocycles. The van der Waals surface area contributed by atoms with Crippen molar-refractivity contribution in [3.05, 3.63) is 52.3 Å². The SMILES string of the molecule is NC(=O)COc1cccc(COC(=O)c2cc(Br)c[nH]2)c1. The van der Waals surface area contributed by atoms with E-state index in [2.05, 4.69) is 20.9 Å². The van der Waals surface area contributed by atoms with Crippen LogP contribution >= 0.6 is 15.9 Å². The van der Waals surface area contributed by atoms with Crippen molar-refractivity contribution >= 4 is 27.8 Å². The number of aromatic amines is 1. The van der Waals surface area contributed by atoms with Crippen molar-refractivity contribution in [1.82, 2.24) is 4.98 Å². The summed E-state index contributed by atoms with van der Waals surface area (Å²) in [4.78, 5) is 25.2. The van der Waals surface area contributed by atoms with Gasteiger partial charge in [-0.05, 0) is 39.7 Å². The van der Waals surface area contributed by atoms with Crippen molar-refractivity contribution in [2.45, 2.75) is 6.61 Å². The van der Waals surface area contributed by atoms with Gasteiger partial charge in [0.1, 0.15) is 18.1 Å². The summed E-state index contributed by atoms with van der Waals surface area (Å²) in [6, 6.07) is 8.53. The highest BCUT2D eigenvalue weighted by Gasteiger charge is 2.09. The summed E-state index contributed by atoms with van der Waals surface area (Å²) in [6.07, 6.45) is 1.65. The topological polar surface area (TPSA) is 94.4 Å². The second-order valence-corrected chi connectivity index (χ2v) is 5.13. The second-order valence-electron chi connectivity index (χ2n) is 4.21. The van der Waals surface area contributed by atoms with Crippen LogP contribution in [0.5, 0.6) is 5.75 Å². The number of aromatic nitrogens is 1. The number of amides is 1. The predicted octanol–water partition coefficient (Wildman–Crippen LogP) is 2.00. The van der Waals surface area contributed by atoms with Crippen molar-refractivity contribution in [3.8, 4) is 5.75 Å². The third kappa shape index (κ3) is 4.64. The van der Waals surface area contributed by atoms with Crippen molar-refractivity contribution < 1.29 is 19.1 Å². The van der Waals surface area contributed by atoms with Gasteiger partial charge in [0.05, 0.1) is 0 Å². The van der Waals surface area contributed by atoms with Gasteiger partial charge in [-0.2, -0.15) is 0 Å². The van der Waals surface area contributed by atoms with E-state index in [1.54, 1.807) is 36.5 Å². The predicted molar refractivity (Wildman–Crippen MR) is 78.7 cm³/mol. The molecular weight excluding hydrogens is 340 g/mol. The Morgan fingerprint density at radius 3 is 2.76 bits per heavy atom. The maximum Gasteiger partial charge on any atom is 0.355 e. The molecular formula is C14H13BrN2O4. The highest BCUT2D eigenvalue weighted by atomic mass is 79.9. The molecule has 0 spiro atoms. The van der Waals surface area contributed by atoms with Crippen molar-refractivity contribution in [2.24, 2.45) is 5.73 Å². The lowest BCUT2D eigenvalue weighted by Crippen LogP contribution is -2.20. The zero-order chi connectivity index (χ0) is 15.2. The summed E-state index contributed by atoms with van der Waals surface area (Å²) in [5.41, 5.74) is 6.11. The summed E-state index contributed by atoms with van der Waals surface area (Å²) in [5, 5.41) is 0. The van der Waals surface area contributed by atoms with Crippen LogP contribution in [0.1, 0.15) is 16.1 Å². The molecule has 21 heavy (non-hydrogen) atoms. The molecule has 0 bridgehead atoms. The van der Waals surface area contributed by atoms with Gasteiger partial charge < -0.3 is 20.2 Å². The Labute approximate surface area is 129 Å². The quantitative estimate of drug-likeness (QED) is 0.777. The molecule has 0 aliphatic rings. The van der Waals surface area contributed by atoms with E-state index in [1.807, 2.05) is 0 Å². The standard InChI is InChI=1S/C14H13BrN2O4/c15-10-5-12(17-6-10)14(19)21-7-9-2-1-3-11(4-9)20-8-13(16)18/h1-6,17H,7-8H2,(H2,16,18). The van der Waals surface area contributed by atoms with Crippen molar-refractivity contribution in [2.75, 3.05) is 6.61 Å². The van der Waals surface area contributed by atoms with E-state index in [0.717, 1.165) is 10.0 Å². The summed E-state index contributed by atoms with van der Waals surface area (Å²) < 4.78 is 11.1. The van der Waals surface area contributed by atoms with Gasteiger partial charge in [-0.3, -0.25) is 4.79 Å². The number of nitrogens with two attached hydrogens (primary N) is 1. The van der Waals surface area contributed by atoms with Crippen LogP contribution in [0, 0.1) is 0 Å². The van der Waals surface area contributed by atoms with Crippen LogP contribution in [0.15, 0.2) is 41.0 Å². The lowest BCUT2D eigenvalue weighted by atomic mass is 10.2. The number of carbonyl (C=O) groups excluding carboxylic acids is 2. The molecule has 0 aliphatic carbocycles. The molecule has 0 fully saturated rings. The molecule has 1 heterocycles. The van der Waals surface area contributed by atoms with Gasteiger partial charge in [-0.25, -0.2) is 4.79 Å². The molecule has 0 aliphatic heterocycles. The lowest BCUT2D eigenvalue weighted by Gasteiger charge is -2.07. The molecule has 0 saturated carbocycles. The Balaban J connectivity index is 1.92. The first-order chi connectivity index (χ1) is 10.0. The smallest absolute Gasteiger partial charge is 0.355 e. The van der Waals surface area contributed by atoms with E-state index in [1.165, 1.54) is 0 Å². The normalized spacial score (nSPS) is 10.1. The number of nitrogens with one attached hydrogen (secondary N) is 1. The van der Waals surface area contributed by atoms with E-state index in [4.69, 9.17) is 15.2 Å². The molecule has 7 heteroatoms. The van der Waals surface area contributed by atoms with Gasteiger partial charge in [0.15, 0.2) is 6.61 Å². The van der Waals surface area contributed by atoms with Crippen LogP contribution in [0.4, 0.5) is 0 Å². The van der Waals surface area contributed by atoms with Crippen LogP contribution in [0.2, 0.25) is 0 Å². The Kier molecular flexibility index (Phi) is 4.99. The number of esters is 1. The fraction of sp³-hybridized carbons (Fsp3) is 0.143. The molecule has 0 atom stereocenters. The number of carbonyl (C=O) groups is 2. The van der Waals surface area contributed by atoms with Crippen LogP contribution in [-0.4, -0.2) is 23.5 Å². The summed E-state index contributed by atoms with van der Waals surface area (Å²) in [7, 11) is 0. The van der Waals surface area contributed by atoms with Crippen LogP contribution in [0.25, 0.3) is 0 Å². The van der Waals surface area contributed by atoms with Crippen LogP contribution < -0.4 is 10.5 Å². The van der Waals surface area contributed by atoms with Gasteiger partial charge in [0, 0.05) is 10.7 Å². The monoisotopic (exact) mass is 352 g/mol. The average Bonchev–Trinajstić information content (AvgIpc) is 2.90. The van der Waals surface area contributed by atoms with Gasteiger partial charge >= 0.3 is 5.97 Å². The van der Waals surface area contributed by atoms with Gasteiger partial charge in [-0.1, -0.05) is 12.1 Å². The minimum absolute atomic E-state index is 0.100. The van der Waals surface area contributed by atoms with Crippen LogP contribution in [-0.2, 0) is 16.1 Å². The molecule has 6 nitrogen and oxygen atoms in total. The van der Waals surface area contributed by atoms with E-state index < -0.39 is 11.9 Å². The maximum atomic E-state index is 11.8. The van der Waals surface area contributed by atoms with Crippen molar-refractivity contribution in [3.63, 3.8) is 0 Å². The molecule has 0 unspecified atom stereocenters. The number of primary amides is 1. The first kappa shape index (κ1) is 15.1. The Hall–Kier alpha value is -2.28. The minimum atomic E-state index is -0.552. The van der Waals surface area contributed by atoms with Crippen molar-refractivity contribution in [1.29, 1.82) is 0 Å². The number of hydrogen-bond acceptors (Lipinski definition) is 4. The highest BCUT2D eigenvalue weighted by molar-refractivity contribution is 9.10. The molecule has 0 saturated heterocycles. The van der Waals surface area contributed by atoms with Crippen LogP contribution in [0.3, 0.4) is 0 Å². The fourth-order valence-electron chi connectivity index (χ4n) is 1.59. The summed E-state index contributed by atoms with van der Waals surface area (Å²) in [6.45, 7) is -0.0943. The Bertz CT molecular complexity index is 654. The largest absolute Gasteiger partial charge is 0.484 e. The third-order valence-electron chi connectivity index (χ3n) is 2.52. The molecule has 2 rings (SSSR count). The van der Waals surface area contributed by atoms with E-state index >= 15 is 0 Å². The number of rotatable bonds is 6. The zero-order valence-corrected chi connectivity index (χ0v) is 12.6. The first-order valence-corrected chi connectivity index (χ1v) is 6.85. The number of H-pyrrole nitrogens is 1. The highest BCUT2D eigenvalue weighted by Crippen LogP contribution is 2.15. The molecule has 0 radical (unpaired) electrons. The summed E-state index contributed by atoms with van der Waals surface area (Å²) in [5.74, 6) is -0.515. The number of halogens is 1. The van der Waals surface area contributed by atoms with E-state index in [0.29, 0.717) is 11.4 Å². The van der Waals surface area contributed by atoms with Gasteiger partial charge in [0.25, 0.3) is 5.91 Å². The first-order valence-electron chi connectivity index (χ1n) is 6.05. The second kappa shape index (κ2) is 6.94. The van der Waals surface area contributed by atoms with Gasteiger partial charge in [0.2, 0.25) is 0 Å². The number of hydrogen-bond donors (Lipinski definition) is 2. The Morgan fingerprint density at radius 1 is 1.29 bits per heavy atom. The van der Waals surface area contributed by atoms with E-state index in [-0.39, 0.29) is 13.2 Å². The molecule has 3 N–H and O–H groups in total. The number of benzene rings is 1. The minimum Gasteiger partial charge on any atom is -0.484 e. The molecule has 110 valence electrons. The van der Waals surface area contributed by atoms with Gasteiger partial charge in [-0.15, -0.1) is 0 Å². The lowest BCUT2D eigenvalue weighted by molar-refractivity contribution is -0.119. The molecule has 1 aromatic heterocycles. The fourth-order valence-corrected chi connectivity index (χ4v) is 1.94. The maximum absolute atomic E-state index is 11.8. The zero-order valence-electron chi connectivity index (χ0n) is 11.0. The molecule has 2 aromatic rings. The average molecular weight is 353 g/mol. The third-order valence-corrected chi connectivity index (χ3v) is 2.98. The summed E-state index contributed by atoms with van der Waals surface area (Å²) >= 11 is 3.24. The van der Waals surface area contributed by atoms with E-state index in [9.17, 15) is 9.59 Å². The number of ether oxygens (including phenoxy) is 2.